The number of carbonyl (C=O) groups excluding carboxylic acids is 2. The lowest BCUT2D eigenvalue weighted by Gasteiger charge is -2.59. The van der Waals surface area contributed by atoms with Crippen molar-refractivity contribution >= 4 is 17.5 Å². The summed E-state index contributed by atoms with van der Waals surface area (Å²) in [5.74, 6) is 1.18. The van der Waals surface area contributed by atoms with E-state index in [2.05, 4.69) is 26.1 Å². The van der Waals surface area contributed by atoms with E-state index in [4.69, 9.17) is 0 Å². The number of halogens is 3. The van der Waals surface area contributed by atoms with Crippen molar-refractivity contribution in [3.8, 4) is 0 Å². The van der Waals surface area contributed by atoms with Gasteiger partial charge < -0.3 is 10.2 Å². The standard InChI is InChI=1S/C28H35F3N2O2/c1-16-14-19-20-8-9-22(25(35)32-18-7-5-6-17(15-18)28(29,30)31)26(20,2)12-10-21(19)27(3)13-11-23(34)33(4)24(16)27/h5-7,15,19-22H,8-14H2,1-4H3,(H,32,35)/t19-,20-,21+,22?,26-,27+/m0/s1. The molecule has 5 rings (SSSR count). The van der Waals surface area contributed by atoms with Gasteiger partial charge in [-0.15, -0.1) is 0 Å². The first-order valence-electron chi connectivity index (χ1n) is 12.8. The molecule has 4 aliphatic rings. The number of likely N-dealkylation sites (tertiary alicyclic amines) is 1. The minimum atomic E-state index is -4.44. The zero-order valence-corrected chi connectivity index (χ0v) is 21.0. The van der Waals surface area contributed by atoms with Crippen LogP contribution in [0.5, 0.6) is 0 Å². The molecule has 0 aromatic heterocycles. The summed E-state index contributed by atoms with van der Waals surface area (Å²) in [4.78, 5) is 27.7. The van der Waals surface area contributed by atoms with Gasteiger partial charge in [-0.1, -0.05) is 25.5 Å². The van der Waals surface area contributed by atoms with Crippen LogP contribution in [0.25, 0.3) is 0 Å². The fourth-order valence-corrected chi connectivity index (χ4v) is 8.54. The van der Waals surface area contributed by atoms with E-state index >= 15 is 0 Å². The molecule has 1 saturated heterocycles. The van der Waals surface area contributed by atoms with E-state index in [1.165, 1.54) is 23.4 Å². The Morgan fingerprint density at radius 3 is 2.57 bits per heavy atom. The molecule has 3 aliphatic carbocycles. The summed E-state index contributed by atoms with van der Waals surface area (Å²) in [6.07, 6.45) is 1.65. The Bertz CT molecular complexity index is 1100. The number of benzene rings is 1. The van der Waals surface area contributed by atoms with Crippen LogP contribution >= 0.6 is 0 Å². The lowest BCUT2D eigenvalue weighted by atomic mass is 9.48. The third-order valence-corrected chi connectivity index (χ3v) is 10.1. The van der Waals surface area contributed by atoms with Gasteiger partial charge in [0.1, 0.15) is 0 Å². The van der Waals surface area contributed by atoms with Gasteiger partial charge in [0.25, 0.3) is 0 Å². The molecule has 6 atom stereocenters. The minimum Gasteiger partial charge on any atom is -0.326 e. The number of anilines is 1. The summed E-state index contributed by atoms with van der Waals surface area (Å²) in [7, 11) is 1.91. The largest absolute Gasteiger partial charge is 0.416 e. The number of amides is 2. The molecular formula is C28H35F3N2O2. The molecule has 2 amide bonds. The van der Waals surface area contributed by atoms with Gasteiger partial charge in [0, 0.05) is 36.2 Å². The molecule has 0 bridgehead atoms. The second-order valence-electron chi connectivity index (χ2n) is 11.8. The molecular weight excluding hydrogens is 453 g/mol. The van der Waals surface area contributed by atoms with E-state index in [1.54, 1.807) is 0 Å². The van der Waals surface area contributed by atoms with Crippen LogP contribution in [-0.4, -0.2) is 23.8 Å². The highest BCUT2D eigenvalue weighted by molar-refractivity contribution is 5.93. The highest BCUT2D eigenvalue weighted by atomic mass is 19.4. The Labute approximate surface area is 205 Å². The number of fused-ring (bicyclic) bond motifs is 5. The molecule has 1 aromatic carbocycles. The fourth-order valence-electron chi connectivity index (χ4n) is 8.54. The van der Waals surface area contributed by atoms with Gasteiger partial charge >= 0.3 is 6.18 Å². The first-order chi connectivity index (χ1) is 16.4. The summed E-state index contributed by atoms with van der Waals surface area (Å²) in [6.45, 7) is 6.73. The van der Waals surface area contributed by atoms with Crippen LogP contribution < -0.4 is 5.32 Å². The summed E-state index contributed by atoms with van der Waals surface area (Å²) < 4.78 is 39.4. The molecule has 2 saturated carbocycles. The average Bonchev–Trinajstić information content (AvgIpc) is 3.14. The monoisotopic (exact) mass is 488 g/mol. The van der Waals surface area contributed by atoms with E-state index in [9.17, 15) is 22.8 Å². The number of nitrogens with zero attached hydrogens (tertiary/aromatic N) is 1. The number of piperidine rings is 1. The fraction of sp³-hybridized carbons (Fsp3) is 0.643. The highest BCUT2D eigenvalue weighted by Crippen LogP contribution is 2.66. The van der Waals surface area contributed by atoms with Crippen LogP contribution in [0.4, 0.5) is 18.9 Å². The maximum absolute atomic E-state index is 13.4. The molecule has 35 heavy (non-hydrogen) atoms. The molecule has 1 aliphatic heterocycles. The predicted octanol–water partition coefficient (Wildman–Crippen LogP) is 6.64. The van der Waals surface area contributed by atoms with E-state index in [-0.39, 0.29) is 34.2 Å². The summed E-state index contributed by atoms with van der Waals surface area (Å²) in [5.41, 5.74) is 1.78. The predicted molar refractivity (Wildman–Crippen MR) is 128 cm³/mol. The quantitative estimate of drug-likeness (QED) is 0.507. The van der Waals surface area contributed by atoms with Gasteiger partial charge in [-0.05, 0) is 86.8 Å². The van der Waals surface area contributed by atoms with Crippen molar-refractivity contribution in [1.82, 2.24) is 4.90 Å². The molecule has 1 aromatic rings. The number of hydrogen-bond acceptors (Lipinski definition) is 2. The molecule has 0 spiro atoms. The molecule has 1 N–H and O–H groups in total. The van der Waals surface area contributed by atoms with Gasteiger partial charge in [-0.25, -0.2) is 0 Å². The van der Waals surface area contributed by atoms with Crippen LogP contribution in [0.15, 0.2) is 35.5 Å². The SMILES string of the molecule is CC1=C2N(C)C(=O)CC[C@]2(C)[C@@H]2CC[C@]3(C)C(C(=O)Nc4cccc(C(F)(F)F)c4)CC[C@H]3[C@@H]2C1. The van der Waals surface area contributed by atoms with Crippen LogP contribution in [0.2, 0.25) is 0 Å². The lowest BCUT2D eigenvalue weighted by Crippen LogP contribution is -2.54. The van der Waals surface area contributed by atoms with Crippen LogP contribution in [-0.2, 0) is 15.8 Å². The topological polar surface area (TPSA) is 49.4 Å². The molecule has 1 heterocycles. The van der Waals surface area contributed by atoms with Crippen molar-refractivity contribution in [2.45, 2.75) is 71.9 Å². The number of alkyl halides is 3. The summed E-state index contributed by atoms with van der Waals surface area (Å²) in [6, 6.07) is 4.90. The Morgan fingerprint density at radius 2 is 1.86 bits per heavy atom. The number of hydrogen-bond donors (Lipinski definition) is 1. The van der Waals surface area contributed by atoms with Crippen LogP contribution in [0, 0.1) is 34.5 Å². The summed E-state index contributed by atoms with van der Waals surface area (Å²) in [5, 5.41) is 2.81. The average molecular weight is 489 g/mol. The van der Waals surface area contributed by atoms with Gasteiger partial charge in [0.15, 0.2) is 0 Å². The zero-order chi connectivity index (χ0) is 25.3. The van der Waals surface area contributed by atoms with E-state index < -0.39 is 11.7 Å². The van der Waals surface area contributed by atoms with Crippen LogP contribution in [0.3, 0.4) is 0 Å². The number of allylic oxidation sites excluding steroid dienone is 2. The Hall–Kier alpha value is -2.31. The number of carbonyl (C=O) groups is 2. The molecule has 0 radical (unpaired) electrons. The van der Waals surface area contributed by atoms with E-state index in [1.807, 2.05) is 11.9 Å². The third kappa shape index (κ3) is 3.72. The maximum atomic E-state index is 13.4. The Kier molecular flexibility index (Phi) is 5.65. The molecule has 1 unspecified atom stereocenters. The van der Waals surface area contributed by atoms with E-state index in [0.29, 0.717) is 24.2 Å². The Morgan fingerprint density at radius 1 is 1.11 bits per heavy atom. The van der Waals surface area contributed by atoms with Gasteiger partial charge in [0.2, 0.25) is 11.8 Å². The van der Waals surface area contributed by atoms with E-state index in [0.717, 1.165) is 50.7 Å². The number of nitrogens with one attached hydrogen (secondary N) is 1. The van der Waals surface area contributed by atoms with Crippen molar-refractivity contribution < 1.29 is 22.8 Å². The maximum Gasteiger partial charge on any atom is 0.416 e. The first kappa shape index (κ1) is 24.4. The van der Waals surface area contributed by atoms with Gasteiger partial charge in [-0.2, -0.15) is 13.2 Å². The van der Waals surface area contributed by atoms with Crippen molar-refractivity contribution in [2.24, 2.45) is 34.5 Å². The second-order valence-corrected chi connectivity index (χ2v) is 11.8. The number of rotatable bonds is 2. The molecule has 7 heteroatoms. The smallest absolute Gasteiger partial charge is 0.326 e. The molecule has 190 valence electrons. The summed E-state index contributed by atoms with van der Waals surface area (Å²) >= 11 is 0. The second kappa shape index (κ2) is 8.10. The lowest BCUT2D eigenvalue weighted by molar-refractivity contribution is -0.137. The highest BCUT2D eigenvalue weighted by Gasteiger charge is 2.61. The molecule has 4 nitrogen and oxygen atoms in total. The van der Waals surface area contributed by atoms with Gasteiger partial charge in [-0.3, -0.25) is 9.59 Å². The first-order valence-corrected chi connectivity index (χ1v) is 12.8. The minimum absolute atomic E-state index is 0.0185. The Balaban J connectivity index is 1.39. The zero-order valence-electron chi connectivity index (χ0n) is 21.0. The van der Waals surface area contributed by atoms with Crippen LogP contribution in [0.1, 0.15) is 71.3 Å². The third-order valence-electron chi connectivity index (χ3n) is 10.1. The van der Waals surface area contributed by atoms with Crippen molar-refractivity contribution in [3.63, 3.8) is 0 Å². The normalized spacial score (nSPS) is 37.0. The van der Waals surface area contributed by atoms with Gasteiger partial charge in [0.05, 0.1) is 5.56 Å². The van der Waals surface area contributed by atoms with Crippen molar-refractivity contribution in [2.75, 3.05) is 12.4 Å². The van der Waals surface area contributed by atoms with Crippen molar-refractivity contribution in [3.05, 3.63) is 41.1 Å². The van der Waals surface area contributed by atoms with Crippen molar-refractivity contribution in [1.29, 1.82) is 0 Å². The molecule has 3 fully saturated rings.